The lowest BCUT2D eigenvalue weighted by Crippen LogP contribution is -2.15. The van der Waals surface area contributed by atoms with E-state index in [1.165, 1.54) is 30.8 Å². The third-order valence-electron chi connectivity index (χ3n) is 3.93. The Bertz CT molecular complexity index is 1070. The maximum atomic E-state index is 13.6. The summed E-state index contributed by atoms with van der Waals surface area (Å²) in [5.41, 5.74) is 1.86. The first kappa shape index (κ1) is 21.3. The van der Waals surface area contributed by atoms with Crippen molar-refractivity contribution in [3.8, 4) is 11.4 Å². The summed E-state index contributed by atoms with van der Waals surface area (Å²) >= 11 is 1.22. The van der Waals surface area contributed by atoms with Gasteiger partial charge in [-0.2, -0.15) is 0 Å². The monoisotopic (exact) mass is 425 g/mol. The average molecular weight is 425 g/mol. The largest absolute Gasteiger partial charge is 0.326 e. The molecule has 0 bridgehead atoms. The standard InChI is InChI=1S/C21H20FN5O2S/c1-3-11-27-20(15-5-4-6-16(22)12-15)25-26-21(27)30-13-19(29)24-18-9-7-17(8-10-18)23-14(2)28/h3-10,12H,1,11,13H2,2H3,(H,23,28)(H,24,29). The third-order valence-corrected chi connectivity index (χ3v) is 4.90. The lowest BCUT2D eigenvalue weighted by atomic mass is 10.2. The van der Waals surface area contributed by atoms with Gasteiger partial charge in [-0.25, -0.2) is 4.39 Å². The average Bonchev–Trinajstić information content (AvgIpc) is 3.10. The van der Waals surface area contributed by atoms with E-state index in [2.05, 4.69) is 27.4 Å². The van der Waals surface area contributed by atoms with E-state index in [0.29, 0.717) is 34.5 Å². The Hall–Kier alpha value is -3.46. The van der Waals surface area contributed by atoms with Crippen LogP contribution in [0.4, 0.5) is 15.8 Å². The van der Waals surface area contributed by atoms with Gasteiger partial charge in [0.15, 0.2) is 11.0 Å². The number of hydrogen-bond acceptors (Lipinski definition) is 5. The predicted molar refractivity (Wildman–Crippen MR) is 116 cm³/mol. The van der Waals surface area contributed by atoms with Gasteiger partial charge >= 0.3 is 0 Å². The third kappa shape index (κ3) is 5.54. The highest BCUT2D eigenvalue weighted by atomic mass is 32.2. The minimum absolute atomic E-state index is 0.117. The number of anilines is 2. The SMILES string of the molecule is C=CCn1c(SCC(=O)Nc2ccc(NC(C)=O)cc2)nnc1-c1cccc(F)c1. The minimum atomic E-state index is -0.362. The van der Waals surface area contributed by atoms with Crippen LogP contribution in [0.1, 0.15) is 6.92 Å². The van der Waals surface area contributed by atoms with Crippen molar-refractivity contribution < 1.29 is 14.0 Å². The van der Waals surface area contributed by atoms with Crippen molar-refractivity contribution in [2.45, 2.75) is 18.6 Å². The van der Waals surface area contributed by atoms with Crippen molar-refractivity contribution in [3.63, 3.8) is 0 Å². The molecular weight excluding hydrogens is 405 g/mol. The van der Waals surface area contributed by atoms with Gasteiger partial charge in [0.2, 0.25) is 11.8 Å². The number of thioether (sulfide) groups is 1. The quantitative estimate of drug-likeness (QED) is 0.421. The van der Waals surface area contributed by atoms with Gasteiger partial charge < -0.3 is 10.6 Å². The van der Waals surface area contributed by atoms with E-state index in [9.17, 15) is 14.0 Å². The van der Waals surface area contributed by atoms with Crippen molar-refractivity contribution in [2.24, 2.45) is 0 Å². The lowest BCUT2D eigenvalue weighted by molar-refractivity contribution is -0.114. The fraction of sp³-hybridized carbons (Fsp3) is 0.143. The Labute approximate surface area is 177 Å². The van der Waals surface area contributed by atoms with Gasteiger partial charge in [0.05, 0.1) is 5.75 Å². The zero-order valence-electron chi connectivity index (χ0n) is 16.3. The van der Waals surface area contributed by atoms with Crippen LogP contribution in [0.15, 0.2) is 66.3 Å². The first-order valence-electron chi connectivity index (χ1n) is 9.06. The Morgan fingerprint density at radius 2 is 1.83 bits per heavy atom. The van der Waals surface area contributed by atoms with Gasteiger partial charge in [-0.15, -0.1) is 16.8 Å². The summed E-state index contributed by atoms with van der Waals surface area (Å²) in [6.45, 7) is 5.59. The molecule has 30 heavy (non-hydrogen) atoms. The number of rotatable bonds is 8. The van der Waals surface area contributed by atoms with Crippen LogP contribution in [0.5, 0.6) is 0 Å². The molecule has 0 atom stereocenters. The van der Waals surface area contributed by atoms with Gasteiger partial charge in [0.1, 0.15) is 5.82 Å². The number of hydrogen-bond donors (Lipinski definition) is 2. The van der Waals surface area contributed by atoms with E-state index in [1.807, 2.05) is 0 Å². The molecule has 9 heteroatoms. The van der Waals surface area contributed by atoms with Crippen LogP contribution in [0.25, 0.3) is 11.4 Å². The van der Waals surface area contributed by atoms with Crippen molar-refractivity contribution in [3.05, 3.63) is 67.0 Å². The second kappa shape index (κ2) is 9.84. The topological polar surface area (TPSA) is 88.9 Å². The first-order valence-corrected chi connectivity index (χ1v) is 10.0. The van der Waals surface area contributed by atoms with E-state index < -0.39 is 0 Å². The van der Waals surface area contributed by atoms with Crippen LogP contribution in [0.3, 0.4) is 0 Å². The molecule has 2 aromatic carbocycles. The van der Waals surface area contributed by atoms with Crippen LogP contribution >= 0.6 is 11.8 Å². The molecule has 1 aromatic heterocycles. The minimum Gasteiger partial charge on any atom is -0.326 e. The molecule has 0 aliphatic rings. The molecule has 0 fully saturated rings. The van der Waals surface area contributed by atoms with Gasteiger partial charge in [-0.1, -0.05) is 30.0 Å². The van der Waals surface area contributed by atoms with E-state index >= 15 is 0 Å². The summed E-state index contributed by atoms with van der Waals surface area (Å²) < 4.78 is 15.3. The van der Waals surface area contributed by atoms with Crippen molar-refractivity contribution in [1.29, 1.82) is 0 Å². The number of allylic oxidation sites excluding steroid dienone is 1. The smallest absolute Gasteiger partial charge is 0.234 e. The van der Waals surface area contributed by atoms with Crippen LogP contribution < -0.4 is 10.6 Å². The molecule has 0 spiro atoms. The Balaban J connectivity index is 1.65. The van der Waals surface area contributed by atoms with Gasteiger partial charge in [0.25, 0.3) is 0 Å². The van der Waals surface area contributed by atoms with Gasteiger partial charge in [-0.3, -0.25) is 14.2 Å². The normalized spacial score (nSPS) is 10.5. The van der Waals surface area contributed by atoms with Gasteiger partial charge in [-0.05, 0) is 36.4 Å². The molecule has 0 unspecified atom stereocenters. The Morgan fingerprint density at radius 1 is 1.13 bits per heavy atom. The summed E-state index contributed by atoms with van der Waals surface area (Å²) in [4.78, 5) is 23.4. The first-order chi connectivity index (χ1) is 14.5. The number of nitrogens with one attached hydrogen (secondary N) is 2. The highest BCUT2D eigenvalue weighted by Crippen LogP contribution is 2.25. The molecule has 0 saturated carbocycles. The van der Waals surface area contributed by atoms with Crippen LogP contribution in [0.2, 0.25) is 0 Å². The predicted octanol–water partition coefficient (Wildman–Crippen LogP) is 3.96. The molecule has 0 radical (unpaired) electrons. The second-order valence-corrected chi connectivity index (χ2v) is 7.25. The number of halogens is 1. The maximum absolute atomic E-state index is 13.6. The molecule has 7 nitrogen and oxygen atoms in total. The zero-order valence-corrected chi connectivity index (χ0v) is 17.1. The van der Waals surface area contributed by atoms with Gasteiger partial charge in [0, 0.05) is 30.4 Å². The van der Waals surface area contributed by atoms with Crippen LogP contribution in [-0.4, -0.2) is 32.3 Å². The highest BCUT2D eigenvalue weighted by molar-refractivity contribution is 7.99. The molecule has 1 heterocycles. The molecule has 154 valence electrons. The number of carbonyl (C=O) groups is 2. The Morgan fingerprint density at radius 3 is 2.47 bits per heavy atom. The van der Waals surface area contributed by atoms with Crippen LogP contribution in [0, 0.1) is 5.82 Å². The molecular formula is C21H20FN5O2S. The molecule has 2 amide bonds. The fourth-order valence-electron chi connectivity index (χ4n) is 2.70. The number of aromatic nitrogens is 3. The number of carbonyl (C=O) groups excluding carboxylic acids is 2. The summed E-state index contributed by atoms with van der Waals surface area (Å²) in [6, 6.07) is 12.9. The second-order valence-electron chi connectivity index (χ2n) is 6.31. The molecule has 0 aliphatic carbocycles. The van der Waals surface area contributed by atoms with E-state index in [4.69, 9.17) is 0 Å². The molecule has 0 saturated heterocycles. The lowest BCUT2D eigenvalue weighted by Gasteiger charge is -2.09. The summed E-state index contributed by atoms with van der Waals surface area (Å²) in [5.74, 6) is -0.118. The maximum Gasteiger partial charge on any atom is 0.234 e. The van der Waals surface area contributed by atoms with E-state index in [1.54, 1.807) is 47.0 Å². The summed E-state index contributed by atoms with van der Waals surface area (Å²) in [6.07, 6.45) is 1.69. The molecule has 3 rings (SSSR count). The summed E-state index contributed by atoms with van der Waals surface area (Å²) in [7, 11) is 0. The Kier molecular flexibility index (Phi) is 6.97. The number of nitrogens with zero attached hydrogens (tertiary/aromatic N) is 3. The van der Waals surface area contributed by atoms with Crippen LogP contribution in [-0.2, 0) is 16.1 Å². The zero-order chi connectivity index (χ0) is 21.5. The molecule has 0 aliphatic heterocycles. The van der Waals surface area contributed by atoms with Crippen molar-refractivity contribution >= 4 is 35.0 Å². The molecule has 2 N–H and O–H groups in total. The summed E-state index contributed by atoms with van der Waals surface area (Å²) in [5, 5.41) is 14.3. The number of amides is 2. The van der Waals surface area contributed by atoms with E-state index in [0.717, 1.165) is 0 Å². The highest BCUT2D eigenvalue weighted by Gasteiger charge is 2.15. The van der Waals surface area contributed by atoms with Crippen molar-refractivity contribution in [2.75, 3.05) is 16.4 Å². The number of benzene rings is 2. The molecule has 3 aromatic rings. The fourth-order valence-corrected chi connectivity index (χ4v) is 3.45. The van der Waals surface area contributed by atoms with Crippen molar-refractivity contribution in [1.82, 2.24) is 14.8 Å². The van der Waals surface area contributed by atoms with E-state index in [-0.39, 0.29) is 23.4 Å².